The number of urea groups is 1. The van der Waals surface area contributed by atoms with E-state index >= 15 is 0 Å². The van der Waals surface area contributed by atoms with Crippen molar-refractivity contribution in [2.24, 2.45) is 5.73 Å². The lowest BCUT2D eigenvalue weighted by molar-refractivity contribution is -0.122. The maximum atomic E-state index is 12.3. The summed E-state index contributed by atoms with van der Waals surface area (Å²) < 4.78 is 0. The Balaban J connectivity index is 2.05. The minimum absolute atomic E-state index is 0.0616. The predicted octanol–water partition coefficient (Wildman–Crippen LogP) is 1.65. The van der Waals surface area contributed by atoms with E-state index in [-0.39, 0.29) is 5.91 Å². The molecule has 0 bridgehead atoms. The van der Waals surface area contributed by atoms with E-state index in [2.05, 4.69) is 16.0 Å². The Morgan fingerprint density at radius 2 is 1.95 bits per heavy atom. The summed E-state index contributed by atoms with van der Waals surface area (Å²) in [6, 6.07) is 6.28. The second-order valence-electron chi connectivity index (χ2n) is 5.24. The van der Waals surface area contributed by atoms with E-state index in [0.717, 1.165) is 25.8 Å². The molecule has 1 aliphatic rings. The van der Waals surface area contributed by atoms with Crippen LogP contribution in [0.5, 0.6) is 0 Å². The second kappa shape index (κ2) is 5.92. The molecule has 20 heavy (non-hydrogen) atoms. The Hall–Kier alpha value is -2.08. The summed E-state index contributed by atoms with van der Waals surface area (Å²) in [5, 5.41) is 8.61. The summed E-state index contributed by atoms with van der Waals surface area (Å²) in [6.45, 7) is 2.76. The van der Waals surface area contributed by atoms with Gasteiger partial charge in [-0.25, -0.2) is 4.79 Å². The Kier molecular flexibility index (Phi) is 4.24. The molecule has 1 heterocycles. The molecule has 6 nitrogen and oxygen atoms in total. The van der Waals surface area contributed by atoms with Crippen LogP contribution in [0, 0.1) is 0 Å². The highest BCUT2D eigenvalue weighted by atomic mass is 16.2. The van der Waals surface area contributed by atoms with E-state index in [0.29, 0.717) is 11.4 Å². The van der Waals surface area contributed by atoms with Crippen LogP contribution in [-0.4, -0.2) is 24.0 Å². The van der Waals surface area contributed by atoms with Crippen LogP contribution in [0.1, 0.15) is 26.2 Å². The molecule has 6 heteroatoms. The Labute approximate surface area is 118 Å². The zero-order valence-corrected chi connectivity index (χ0v) is 11.5. The molecule has 1 fully saturated rings. The minimum atomic E-state index is -0.630. The zero-order valence-electron chi connectivity index (χ0n) is 11.5. The van der Waals surface area contributed by atoms with E-state index < -0.39 is 11.6 Å². The lowest BCUT2D eigenvalue weighted by Crippen LogP contribution is -2.54. The first kappa shape index (κ1) is 14.3. The van der Waals surface area contributed by atoms with Crippen molar-refractivity contribution in [2.75, 3.05) is 17.2 Å². The number of piperidine rings is 1. The number of rotatable bonds is 3. The Morgan fingerprint density at radius 3 is 2.55 bits per heavy atom. The van der Waals surface area contributed by atoms with Crippen molar-refractivity contribution in [1.82, 2.24) is 5.32 Å². The molecule has 0 radical (unpaired) electrons. The number of hydrogen-bond donors (Lipinski definition) is 4. The number of nitrogens with two attached hydrogens (primary N) is 1. The van der Waals surface area contributed by atoms with Gasteiger partial charge in [0, 0.05) is 11.4 Å². The molecular weight excluding hydrogens is 256 g/mol. The van der Waals surface area contributed by atoms with Gasteiger partial charge in [-0.1, -0.05) is 6.07 Å². The molecule has 1 aliphatic heterocycles. The second-order valence-corrected chi connectivity index (χ2v) is 5.24. The summed E-state index contributed by atoms with van der Waals surface area (Å²) in [5.74, 6) is -0.0616. The molecule has 1 unspecified atom stereocenters. The van der Waals surface area contributed by atoms with Crippen LogP contribution in [0.15, 0.2) is 24.3 Å². The van der Waals surface area contributed by atoms with Crippen molar-refractivity contribution in [3.05, 3.63) is 24.3 Å². The molecular formula is C14H20N4O2. The third-order valence-electron chi connectivity index (χ3n) is 3.51. The first-order valence-electron chi connectivity index (χ1n) is 6.73. The van der Waals surface area contributed by atoms with Crippen LogP contribution in [-0.2, 0) is 4.79 Å². The summed E-state index contributed by atoms with van der Waals surface area (Å²) in [4.78, 5) is 23.2. The Bertz CT molecular complexity index is 510. The van der Waals surface area contributed by atoms with Gasteiger partial charge in [-0.05, 0) is 50.9 Å². The van der Waals surface area contributed by atoms with E-state index in [1.165, 1.54) is 0 Å². The molecule has 0 spiro atoms. The molecule has 1 aromatic carbocycles. The van der Waals surface area contributed by atoms with Crippen molar-refractivity contribution in [2.45, 2.75) is 31.7 Å². The minimum Gasteiger partial charge on any atom is -0.351 e. The molecule has 1 atom stereocenters. The molecule has 3 amide bonds. The number of carbonyl (C=O) groups excluding carboxylic acids is 2. The smallest absolute Gasteiger partial charge is 0.316 e. The molecule has 0 saturated carbocycles. The first-order chi connectivity index (χ1) is 9.49. The first-order valence-corrected chi connectivity index (χ1v) is 6.73. The fourth-order valence-corrected chi connectivity index (χ4v) is 2.34. The lowest BCUT2D eigenvalue weighted by atomic mass is 9.90. The van der Waals surface area contributed by atoms with Gasteiger partial charge in [-0.15, -0.1) is 0 Å². The van der Waals surface area contributed by atoms with Gasteiger partial charge >= 0.3 is 6.03 Å². The summed E-state index contributed by atoms with van der Waals surface area (Å²) in [5.41, 5.74) is 5.72. The van der Waals surface area contributed by atoms with Gasteiger partial charge < -0.3 is 21.7 Å². The average Bonchev–Trinajstić information content (AvgIpc) is 2.39. The fourth-order valence-electron chi connectivity index (χ4n) is 2.34. The van der Waals surface area contributed by atoms with E-state index in [1.807, 2.05) is 6.92 Å². The van der Waals surface area contributed by atoms with Crippen LogP contribution in [0.2, 0.25) is 0 Å². The molecule has 2 rings (SSSR count). The fraction of sp³-hybridized carbons (Fsp3) is 0.429. The normalized spacial score (nSPS) is 22.1. The van der Waals surface area contributed by atoms with Crippen molar-refractivity contribution >= 4 is 23.3 Å². The van der Waals surface area contributed by atoms with Gasteiger partial charge in [0.25, 0.3) is 0 Å². The van der Waals surface area contributed by atoms with Crippen molar-refractivity contribution in [1.29, 1.82) is 0 Å². The van der Waals surface area contributed by atoms with Crippen molar-refractivity contribution in [3.63, 3.8) is 0 Å². The highest BCUT2D eigenvalue weighted by Crippen LogP contribution is 2.22. The molecule has 0 aliphatic carbocycles. The highest BCUT2D eigenvalue weighted by Gasteiger charge is 2.34. The summed E-state index contributed by atoms with van der Waals surface area (Å²) in [6.07, 6.45) is 2.96. The van der Waals surface area contributed by atoms with Crippen LogP contribution in [0.4, 0.5) is 16.2 Å². The third-order valence-corrected chi connectivity index (χ3v) is 3.51. The van der Waals surface area contributed by atoms with E-state index in [4.69, 9.17) is 5.73 Å². The lowest BCUT2D eigenvalue weighted by Gasteiger charge is -2.33. The number of carbonyl (C=O) groups is 2. The topological polar surface area (TPSA) is 96.2 Å². The molecule has 5 N–H and O–H groups in total. The maximum Gasteiger partial charge on any atom is 0.316 e. The number of primary amides is 1. The largest absolute Gasteiger partial charge is 0.351 e. The SMILES string of the molecule is CC1(C(=O)Nc2cccc(NC(N)=O)c2)CCCCN1. The summed E-state index contributed by atoms with van der Waals surface area (Å²) >= 11 is 0. The average molecular weight is 276 g/mol. The summed E-state index contributed by atoms with van der Waals surface area (Å²) in [7, 11) is 0. The maximum absolute atomic E-state index is 12.3. The van der Waals surface area contributed by atoms with Gasteiger partial charge in [0.1, 0.15) is 0 Å². The molecule has 0 aromatic heterocycles. The van der Waals surface area contributed by atoms with Gasteiger partial charge in [0.2, 0.25) is 5.91 Å². The molecule has 1 aromatic rings. The van der Waals surface area contributed by atoms with Crippen LogP contribution >= 0.6 is 0 Å². The molecule has 108 valence electrons. The van der Waals surface area contributed by atoms with E-state index in [1.54, 1.807) is 24.3 Å². The third kappa shape index (κ3) is 3.48. The van der Waals surface area contributed by atoms with Gasteiger partial charge in [-0.2, -0.15) is 0 Å². The van der Waals surface area contributed by atoms with Crippen molar-refractivity contribution < 1.29 is 9.59 Å². The molecule has 1 saturated heterocycles. The van der Waals surface area contributed by atoms with Crippen LogP contribution in [0.25, 0.3) is 0 Å². The van der Waals surface area contributed by atoms with E-state index in [9.17, 15) is 9.59 Å². The highest BCUT2D eigenvalue weighted by molar-refractivity contribution is 5.98. The van der Waals surface area contributed by atoms with Gasteiger partial charge in [0.05, 0.1) is 5.54 Å². The number of anilines is 2. The van der Waals surface area contributed by atoms with Crippen LogP contribution in [0.3, 0.4) is 0 Å². The Morgan fingerprint density at radius 1 is 1.25 bits per heavy atom. The quantitative estimate of drug-likeness (QED) is 0.676. The number of amides is 3. The number of hydrogen-bond acceptors (Lipinski definition) is 3. The standard InChI is InChI=1S/C14H20N4O2/c1-14(7-2-3-8-16-14)12(19)17-10-5-4-6-11(9-10)18-13(15)20/h4-6,9,16H,2-3,7-8H2,1H3,(H,17,19)(H3,15,18,20). The predicted molar refractivity (Wildman–Crippen MR) is 78.5 cm³/mol. The monoisotopic (exact) mass is 276 g/mol. The number of benzene rings is 1. The van der Waals surface area contributed by atoms with Gasteiger partial charge in [0.15, 0.2) is 0 Å². The zero-order chi connectivity index (χ0) is 14.6. The van der Waals surface area contributed by atoms with Crippen LogP contribution < -0.4 is 21.7 Å². The van der Waals surface area contributed by atoms with Crippen molar-refractivity contribution in [3.8, 4) is 0 Å². The number of nitrogens with one attached hydrogen (secondary N) is 3. The van der Waals surface area contributed by atoms with Gasteiger partial charge in [-0.3, -0.25) is 4.79 Å².